The number of carboxylic acids is 1. The lowest BCUT2D eigenvalue weighted by Gasteiger charge is -1.99. The molecule has 1 N–H and O–H groups in total. The van der Waals surface area contributed by atoms with Gasteiger partial charge in [0.1, 0.15) is 0 Å². The summed E-state index contributed by atoms with van der Waals surface area (Å²) in [4.78, 5) is 10.4. The number of rotatable bonds is 6. The summed E-state index contributed by atoms with van der Waals surface area (Å²) in [5.41, 5.74) is 2.01. The fraction of sp³-hybridized carbons (Fsp3) is 0.357. The molecule has 0 aliphatic heterocycles. The van der Waals surface area contributed by atoms with Gasteiger partial charge in [0.05, 0.1) is 0 Å². The van der Waals surface area contributed by atoms with E-state index in [-0.39, 0.29) is 6.42 Å². The van der Waals surface area contributed by atoms with Crippen LogP contribution in [0.3, 0.4) is 0 Å². The van der Waals surface area contributed by atoms with Crippen molar-refractivity contribution >= 4 is 21.9 Å². The van der Waals surface area contributed by atoms with Crippen molar-refractivity contribution in [3.63, 3.8) is 0 Å². The van der Waals surface area contributed by atoms with Gasteiger partial charge in [0.25, 0.3) is 0 Å². The van der Waals surface area contributed by atoms with Crippen LogP contribution in [0, 0.1) is 6.92 Å². The van der Waals surface area contributed by atoms with Gasteiger partial charge in [-0.15, -0.1) is 10.2 Å². The van der Waals surface area contributed by atoms with Gasteiger partial charge in [0, 0.05) is 22.9 Å². The standard InChI is InChI=1S/C14H15BrN2O3/c1-9-6-7-10(8-11(9)15)14-17-16-12(20-14)4-2-3-5-13(18)19/h6-8H,2-5H2,1H3,(H,18,19). The number of unbranched alkanes of at least 4 members (excludes halogenated alkanes) is 1. The lowest BCUT2D eigenvalue weighted by Crippen LogP contribution is -1.95. The highest BCUT2D eigenvalue weighted by Crippen LogP contribution is 2.24. The highest BCUT2D eigenvalue weighted by molar-refractivity contribution is 9.10. The van der Waals surface area contributed by atoms with Crippen molar-refractivity contribution in [3.05, 3.63) is 34.1 Å². The molecule has 0 aliphatic carbocycles. The van der Waals surface area contributed by atoms with Gasteiger partial charge in [-0.25, -0.2) is 0 Å². The average molecular weight is 339 g/mol. The Balaban J connectivity index is 1.97. The van der Waals surface area contributed by atoms with Gasteiger partial charge in [0.2, 0.25) is 11.8 Å². The van der Waals surface area contributed by atoms with Crippen LogP contribution < -0.4 is 0 Å². The second kappa shape index (κ2) is 6.65. The number of hydrogen-bond donors (Lipinski definition) is 1. The molecule has 20 heavy (non-hydrogen) atoms. The number of nitrogens with zero attached hydrogens (tertiary/aromatic N) is 2. The molecule has 2 aromatic rings. The molecule has 5 nitrogen and oxygen atoms in total. The predicted octanol–water partition coefficient (Wildman–Crippen LogP) is 3.60. The number of benzene rings is 1. The fourth-order valence-electron chi connectivity index (χ4n) is 1.75. The molecule has 0 fully saturated rings. The SMILES string of the molecule is Cc1ccc(-c2nnc(CCCCC(=O)O)o2)cc1Br. The van der Waals surface area contributed by atoms with Crippen LogP contribution in [0.25, 0.3) is 11.5 Å². The molecular weight excluding hydrogens is 324 g/mol. The van der Waals surface area contributed by atoms with Crippen molar-refractivity contribution in [1.82, 2.24) is 10.2 Å². The third kappa shape index (κ3) is 3.90. The first-order chi connectivity index (χ1) is 9.56. The lowest BCUT2D eigenvalue weighted by atomic mass is 10.1. The number of aromatic nitrogens is 2. The first-order valence-corrected chi connectivity index (χ1v) is 7.16. The maximum absolute atomic E-state index is 10.4. The van der Waals surface area contributed by atoms with E-state index >= 15 is 0 Å². The Kier molecular flexibility index (Phi) is 4.89. The maximum atomic E-state index is 10.4. The average Bonchev–Trinajstić information content (AvgIpc) is 2.86. The van der Waals surface area contributed by atoms with Crippen molar-refractivity contribution < 1.29 is 14.3 Å². The first kappa shape index (κ1) is 14.7. The summed E-state index contributed by atoms with van der Waals surface area (Å²) >= 11 is 3.47. The largest absolute Gasteiger partial charge is 0.481 e. The Labute approximate surface area is 125 Å². The van der Waals surface area contributed by atoms with Gasteiger partial charge in [-0.05, 0) is 37.5 Å². The van der Waals surface area contributed by atoms with E-state index in [1.165, 1.54) is 0 Å². The fourth-order valence-corrected chi connectivity index (χ4v) is 2.13. The number of carbonyl (C=O) groups is 1. The number of carboxylic acid groups (broad SMARTS) is 1. The Bertz CT molecular complexity index is 610. The summed E-state index contributed by atoms with van der Waals surface area (Å²) in [6, 6.07) is 5.86. The van der Waals surface area contributed by atoms with E-state index in [0.29, 0.717) is 24.6 Å². The van der Waals surface area contributed by atoms with Crippen LogP contribution in [-0.2, 0) is 11.2 Å². The predicted molar refractivity (Wildman–Crippen MR) is 77.4 cm³/mol. The molecule has 0 saturated carbocycles. The Hall–Kier alpha value is -1.69. The Morgan fingerprint density at radius 2 is 2.15 bits per heavy atom. The molecule has 106 valence electrons. The Morgan fingerprint density at radius 3 is 2.85 bits per heavy atom. The van der Waals surface area contributed by atoms with Crippen molar-refractivity contribution in [3.8, 4) is 11.5 Å². The molecule has 1 heterocycles. The van der Waals surface area contributed by atoms with E-state index in [4.69, 9.17) is 9.52 Å². The third-order valence-electron chi connectivity index (χ3n) is 2.92. The zero-order valence-electron chi connectivity index (χ0n) is 11.1. The third-order valence-corrected chi connectivity index (χ3v) is 3.77. The van der Waals surface area contributed by atoms with Crippen molar-refractivity contribution in [2.75, 3.05) is 0 Å². The highest BCUT2D eigenvalue weighted by Gasteiger charge is 2.09. The molecule has 2 rings (SSSR count). The molecular formula is C14H15BrN2O3. The van der Waals surface area contributed by atoms with Gasteiger partial charge < -0.3 is 9.52 Å². The molecule has 0 bridgehead atoms. The van der Waals surface area contributed by atoms with Gasteiger partial charge in [-0.2, -0.15) is 0 Å². The van der Waals surface area contributed by atoms with Crippen LogP contribution in [0.4, 0.5) is 0 Å². The van der Waals surface area contributed by atoms with Crippen molar-refractivity contribution in [1.29, 1.82) is 0 Å². The van der Waals surface area contributed by atoms with Crippen molar-refractivity contribution in [2.45, 2.75) is 32.6 Å². The van der Waals surface area contributed by atoms with Gasteiger partial charge in [-0.3, -0.25) is 4.79 Å². The minimum atomic E-state index is -0.777. The molecule has 0 unspecified atom stereocenters. The summed E-state index contributed by atoms with van der Waals surface area (Å²) in [5.74, 6) is 0.252. The van der Waals surface area contributed by atoms with E-state index < -0.39 is 5.97 Å². The molecule has 0 amide bonds. The smallest absolute Gasteiger partial charge is 0.303 e. The molecule has 0 spiro atoms. The Morgan fingerprint density at radius 1 is 1.35 bits per heavy atom. The van der Waals surface area contributed by atoms with E-state index in [2.05, 4.69) is 26.1 Å². The quantitative estimate of drug-likeness (QED) is 0.814. The summed E-state index contributed by atoms with van der Waals surface area (Å²) in [5, 5.41) is 16.6. The first-order valence-electron chi connectivity index (χ1n) is 6.37. The minimum absolute atomic E-state index is 0.173. The van der Waals surface area contributed by atoms with E-state index in [0.717, 1.165) is 22.0 Å². The number of hydrogen-bond acceptors (Lipinski definition) is 4. The summed E-state index contributed by atoms with van der Waals surface area (Å²) in [7, 11) is 0. The molecule has 1 aromatic heterocycles. The van der Waals surface area contributed by atoms with E-state index in [1.54, 1.807) is 0 Å². The van der Waals surface area contributed by atoms with Crippen LogP contribution in [0.1, 0.15) is 30.7 Å². The second-order valence-electron chi connectivity index (χ2n) is 4.57. The second-order valence-corrected chi connectivity index (χ2v) is 5.42. The maximum Gasteiger partial charge on any atom is 0.303 e. The van der Waals surface area contributed by atoms with E-state index in [1.807, 2.05) is 25.1 Å². The number of halogens is 1. The van der Waals surface area contributed by atoms with Crippen LogP contribution in [0.15, 0.2) is 27.1 Å². The van der Waals surface area contributed by atoms with Gasteiger partial charge >= 0.3 is 5.97 Å². The zero-order valence-corrected chi connectivity index (χ0v) is 12.7. The molecule has 1 aromatic carbocycles. The summed E-state index contributed by atoms with van der Waals surface area (Å²) in [6.07, 6.45) is 2.12. The monoisotopic (exact) mass is 338 g/mol. The number of aliphatic carboxylic acids is 1. The molecule has 0 aliphatic rings. The molecule has 0 radical (unpaired) electrons. The molecule has 0 atom stereocenters. The van der Waals surface area contributed by atoms with Gasteiger partial charge in [-0.1, -0.05) is 22.0 Å². The summed E-state index contributed by atoms with van der Waals surface area (Å²) in [6.45, 7) is 2.01. The zero-order chi connectivity index (χ0) is 14.5. The highest BCUT2D eigenvalue weighted by atomic mass is 79.9. The van der Waals surface area contributed by atoms with Crippen LogP contribution >= 0.6 is 15.9 Å². The topological polar surface area (TPSA) is 76.2 Å². The van der Waals surface area contributed by atoms with Gasteiger partial charge in [0.15, 0.2) is 0 Å². The normalized spacial score (nSPS) is 10.7. The molecule has 0 saturated heterocycles. The summed E-state index contributed by atoms with van der Waals surface area (Å²) < 4.78 is 6.58. The van der Waals surface area contributed by atoms with Crippen molar-refractivity contribution in [2.24, 2.45) is 0 Å². The van der Waals surface area contributed by atoms with Crippen LogP contribution in [0.2, 0.25) is 0 Å². The number of aryl methyl sites for hydroxylation is 2. The lowest BCUT2D eigenvalue weighted by molar-refractivity contribution is -0.137. The molecule has 6 heteroatoms. The van der Waals surface area contributed by atoms with E-state index in [9.17, 15) is 4.79 Å². The minimum Gasteiger partial charge on any atom is -0.481 e. The van der Waals surface area contributed by atoms with Crippen LogP contribution in [-0.4, -0.2) is 21.3 Å². The van der Waals surface area contributed by atoms with Crippen LogP contribution in [0.5, 0.6) is 0 Å².